The number of hydrogen-bond acceptors (Lipinski definition) is 5. The number of nitrogen functional groups attached to an aromatic ring is 1. The molecule has 0 aliphatic heterocycles. The predicted molar refractivity (Wildman–Crippen MR) is 74.6 cm³/mol. The van der Waals surface area contributed by atoms with Crippen molar-refractivity contribution in [2.24, 2.45) is 0 Å². The lowest BCUT2D eigenvalue weighted by Crippen LogP contribution is -2.38. The number of hydrogen-bond donors (Lipinski definition) is 1. The third-order valence-corrected chi connectivity index (χ3v) is 2.71. The molecule has 0 aliphatic rings. The van der Waals surface area contributed by atoms with E-state index < -0.39 is 0 Å². The molecule has 1 heterocycles. The molecule has 0 fully saturated rings. The summed E-state index contributed by atoms with van der Waals surface area (Å²) in [5.74, 6) is 0.466. The summed E-state index contributed by atoms with van der Waals surface area (Å²) in [7, 11) is 3.41. The molecule has 0 unspecified atom stereocenters. The number of anilines is 2. The van der Waals surface area contributed by atoms with Crippen molar-refractivity contribution in [3.05, 3.63) is 17.8 Å². The normalized spacial score (nSPS) is 9.79. The molecule has 1 aromatic heterocycles. The zero-order chi connectivity index (χ0) is 14.4. The zero-order valence-electron chi connectivity index (χ0n) is 11.6. The number of rotatable bonds is 5. The van der Waals surface area contributed by atoms with Gasteiger partial charge in [-0.25, -0.2) is 4.98 Å². The number of nitriles is 1. The van der Waals surface area contributed by atoms with E-state index in [1.165, 1.54) is 11.1 Å². The quantitative estimate of drug-likeness (QED) is 0.848. The van der Waals surface area contributed by atoms with Crippen LogP contribution in [0.1, 0.15) is 18.9 Å². The average molecular weight is 261 g/mol. The Labute approximate surface area is 113 Å². The van der Waals surface area contributed by atoms with Gasteiger partial charge >= 0.3 is 0 Å². The first-order valence-electron chi connectivity index (χ1n) is 6.10. The van der Waals surface area contributed by atoms with Gasteiger partial charge < -0.3 is 15.5 Å². The van der Waals surface area contributed by atoms with Crippen molar-refractivity contribution in [1.29, 1.82) is 5.26 Å². The van der Waals surface area contributed by atoms with Crippen molar-refractivity contribution in [2.75, 3.05) is 37.8 Å². The minimum atomic E-state index is -0.0305. The minimum absolute atomic E-state index is 0.0305. The smallest absolute Gasteiger partial charge is 0.241 e. The van der Waals surface area contributed by atoms with Gasteiger partial charge in [0.2, 0.25) is 5.91 Å². The van der Waals surface area contributed by atoms with Crippen molar-refractivity contribution in [3.8, 4) is 6.07 Å². The van der Waals surface area contributed by atoms with E-state index in [-0.39, 0.29) is 12.5 Å². The lowest BCUT2D eigenvalue weighted by atomic mass is 10.2. The molecular formula is C13H19N5O. The van der Waals surface area contributed by atoms with Crippen molar-refractivity contribution < 1.29 is 4.79 Å². The van der Waals surface area contributed by atoms with E-state index in [2.05, 4.69) is 4.98 Å². The van der Waals surface area contributed by atoms with Crippen LogP contribution in [0.15, 0.2) is 12.3 Å². The number of likely N-dealkylation sites (N-methyl/N-ethyl adjacent to an activating group) is 1. The highest BCUT2D eigenvalue weighted by Crippen LogP contribution is 2.23. The maximum Gasteiger partial charge on any atom is 0.241 e. The van der Waals surface area contributed by atoms with Crippen LogP contribution in [0.25, 0.3) is 0 Å². The fourth-order valence-corrected chi connectivity index (χ4v) is 1.65. The standard InChI is InChI=1S/C13H19N5O/c1-4-7-18(9-11(19)17(2)3)13-12(15)10(8-14)5-6-16-13/h5-6H,4,7,9,15H2,1-3H3. The van der Waals surface area contributed by atoms with Gasteiger partial charge in [-0.15, -0.1) is 0 Å². The van der Waals surface area contributed by atoms with E-state index in [0.29, 0.717) is 23.6 Å². The van der Waals surface area contributed by atoms with Crippen LogP contribution >= 0.6 is 0 Å². The molecular weight excluding hydrogens is 242 g/mol. The summed E-state index contributed by atoms with van der Waals surface area (Å²) >= 11 is 0. The topological polar surface area (TPSA) is 86.2 Å². The molecule has 19 heavy (non-hydrogen) atoms. The summed E-state index contributed by atoms with van der Waals surface area (Å²) < 4.78 is 0. The van der Waals surface area contributed by atoms with Crippen molar-refractivity contribution in [1.82, 2.24) is 9.88 Å². The van der Waals surface area contributed by atoms with E-state index in [1.54, 1.807) is 25.1 Å². The van der Waals surface area contributed by atoms with E-state index in [1.807, 2.05) is 13.0 Å². The van der Waals surface area contributed by atoms with Crippen LogP contribution in [0.5, 0.6) is 0 Å². The van der Waals surface area contributed by atoms with Crippen LogP contribution in [0.2, 0.25) is 0 Å². The monoisotopic (exact) mass is 261 g/mol. The molecule has 6 heteroatoms. The first-order chi connectivity index (χ1) is 9.01. The maximum absolute atomic E-state index is 11.8. The molecule has 1 rings (SSSR count). The SMILES string of the molecule is CCCN(CC(=O)N(C)C)c1nccc(C#N)c1N. The van der Waals surface area contributed by atoms with Gasteiger partial charge in [-0.1, -0.05) is 6.92 Å². The number of carbonyl (C=O) groups is 1. The van der Waals surface area contributed by atoms with Gasteiger partial charge in [0.25, 0.3) is 0 Å². The fraction of sp³-hybridized carbons (Fsp3) is 0.462. The third-order valence-electron chi connectivity index (χ3n) is 2.71. The molecule has 6 nitrogen and oxygen atoms in total. The second kappa shape index (κ2) is 6.59. The van der Waals surface area contributed by atoms with Gasteiger partial charge in [-0.3, -0.25) is 4.79 Å². The Kier molecular flexibility index (Phi) is 5.12. The van der Waals surface area contributed by atoms with Gasteiger partial charge in [0.15, 0.2) is 5.82 Å². The molecule has 0 spiro atoms. The lowest BCUT2D eigenvalue weighted by molar-refractivity contribution is -0.127. The van der Waals surface area contributed by atoms with E-state index in [0.717, 1.165) is 6.42 Å². The first-order valence-corrected chi connectivity index (χ1v) is 6.10. The Morgan fingerprint density at radius 3 is 2.74 bits per heavy atom. The Bertz CT molecular complexity index is 492. The Morgan fingerprint density at radius 1 is 1.53 bits per heavy atom. The summed E-state index contributed by atoms with van der Waals surface area (Å²) in [4.78, 5) is 19.3. The van der Waals surface area contributed by atoms with Crippen LogP contribution in [-0.2, 0) is 4.79 Å². The third kappa shape index (κ3) is 3.58. The molecule has 0 bridgehead atoms. The van der Waals surface area contributed by atoms with Gasteiger partial charge in [0, 0.05) is 26.8 Å². The Balaban J connectivity index is 3.06. The van der Waals surface area contributed by atoms with Gasteiger partial charge in [-0.2, -0.15) is 5.26 Å². The molecule has 0 aliphatic carbocycles. The van der Waals surface area contributed by atoms with Gasteiger partial charge in [-0.05, 0) is 12.5 Å². The summed E-state index contributed by atoms with van der Waals surface area (Å²) in [5, 5.41) is 8.97. The molecule has 102 valence electrons. The van der Waals surface area contributed by atoms with Crippen molar-refractivity contribution in [2.45, 2.75) is 13.3 Å². The minimum Gasteiger partial charge on any atom is -0.395 e. The Morgan fingerprint density at radius 2 is 2.21 bits per heavy atom. The lowest BCUT2D eigenvalue weighted by Gasteiger charge is -2.25. The van der Waals surface area contributed by atoms with Crippen molar-refractivity contribution >= 4 is 17.4 Å². The average Bonchev–Trinajstić information content (AvgIpc) is 2.38. The fourth-order valence-electron chi connectivity index (χ4n) is 1.65. The molecule has 0 radical (unpaired) electrons. The highest BCUT2D eigenvalue weighted by atomic mass is 16.2. The number of nitrogens with two attached hydrogens (primary N) is 1. The van der Waals surface area contributed by atoms with Crippen LogP contribution in [0, 0.1) is 11.3 Å². The summed E-state index contributed by atoms with van der Waals surface area (Å²) in [6, 6.07) is 3.59. The highest BCUT2D eigenvalue weighted by Gasteiger charge is 2.17. The second-order valence-electron chi connectivity index (χ2n) is 4.42. The van der Waals surface area contributed by atoms with Crippen molar-refractivity contribution in [3.63, 3.8) is 0 Å². The number of amides is 1. The molecule has 2 N–H and O–H groups in total. The maximum atomic E-state index is 11.8. The van der Waals surface area contributed by atoms with Crippen LogP contribution in [0.4, 0.5) is 11.5 Å². The highest BCUT2D eigenvalue weighted by molar-refractivity contribution is 5.82. The van der Waals surface area contributed by atoms with Gasteiger partial charge in [0.05, 0.1) is 17.8 Å². The van der Waals surface area contributed by atoms with Crippen LogP contribution < -0.4 is 10.6 Å². The van der Waals surface area contributed by atoms with Gasteiger partial charge in [0.1, 0.15) is 6.07 Å². The summed E-state index contributed by atoms with van der Waals surface area (Å²) in [6.07, 6.45) is 2.39. The van der Waals surface area contributed by atoms with E-state index in [9.17, 15) is 4.79 Å². The molecule has 0 aromatic carbocycles. The number of pyridine rings is 1. The molecule has 0 saturated carbocycles. The molecule has 0 atom stereocenters. The summed E-state index contributed by atoms with van der Waals surface area (Å²) in [5.41, 5.74) is 6.63. The second-order valence-corrected chi connectivity index (χ2v) is 4.42. The summed E-state index contributed by atoms with van der Waals surface area (Å²) in [6.45, 7) is 2.87. The molecule has 1 aromatic rings. The first kappa shape index (κ1) is 14.8. The number of nitrogens with zero attached hydrogens (tertiary/aromatic N) is 4. The van der Waals surface area contributed by atoms with Crippen LogP contribution in [0.3, 0.4) is 0 Å². The Hall–Kier alpha value is -2.29. The van der Waals surface area contributed by atoms with E-state index >= 15 is 0 Å². The molecule has 1 amide bonds. The number of aromatic nitrogens is 1. The predicted octanol–water partition coefficient (Wildman–Crippen LogP) is 0.840. The number of carbonyl (C=O) groups excluding carboxylic acids is 1. The zero-order valence-corrected chi connectivity index (χ0v) is 11.6. The van der Waals surface area contributed by atoms with Crippen LogP contribution in [-0.4, -0.2) is 43.0 Å². The molecule has 0 saturated heterocycles. The largest absolute Gasteiger partial charge is 0.395 e. The van der Waals surface area contributed by atoms with E-state index in [4.69, 9.17) is 11.0 Å².